The molecule has 1 unspecified atom stereocenters. The fourth-order valence-electron chi connectivity index (χ4n) is 1.15. The van der Waals surface area contributed by atoms with E-state index in [9.17, 15) is 4.79 Å². The monoisotopic (exact) mass is 203 g/mol. The zero-order chi connectivity index (χ0) is 9.68. The van der Waals surface area contributed by atoms with Crippen LogP contribution in [-0.2, 0) is 9.53 Å². The molecule has 1 atom stereocenters. The molecule has 0 aliphatic carbocycles. The van der Waals surface area contributed by atoms with Crippen molar-refractivity contribution in [1.29, 1.82) is 0 Å². The second-order valence-corrected chi connectivity index (χ2v) is 3.27. The lowest BCUT2D eigenvalue weighted by atomic mass is 10.1. The smallest absolute Gasteiger partial charge is 0.267 e. The predicted molar refractivity (Wildman–Crippen MR) is 51.7 cm³/mol. The van der Waals surface area contributed by atoms with Crippen molar-refractivity contribution in [2.45, 2.75) is 25.4 Å². The van der Waals surface area contributed by atoms with Gasteiger partial charge in [-0.3, -0.25) is 15.6 Å². The molecule has 1 rings (SSSR count). The summed E-state index contributed by atoms with van der Waals surface area (Å²) in [4.78, 5) is 11.3. The molecule has 4 N–H and O–H groups in total. The van der Waals surface area contributed by atoms with Crippen LogP contribution in [0.2, 0.25) is 0 Å². The maximum atomic E-state index is 11.3. The van der Waals surface area contributed by atoms with Gasteiger partial charge in [-0.25, -0.2) is 0 Å². The molecular weight excluding hydrogens is 190 g/mol. The van der Waals surface area contributed by atoms with Crippen LogP contribution < -0.4 is 16.6 Å². The van der Waals surface area contributed by atoms with E-state index in [2.05, 4.69) is 23.1 Å². The number of hydrazine groups is 1. The van der Waals surface area contributed by atoms with Crippen LogP contribution in [-0.4, -0.2) is 23.7 Å². The number of thiocarbonyl (C=S) groups is 1. The van der Waals surface area contributed by atoms with E-state index in [-0.39, 0.29) is 17.1 Å². The fraction of sp³-hybridized carbons (Fsp3) is 0.714. The average molecular weight is 203 g/mol. The van der Waals surface area contributed by atoms with Gasteiger partial charge in [-0.05, 0) is 31.5 Å². The predicted octanol–water partition coefficient (Wildman–Crippen LogP) is -0.580. The highest BCUT2D eigenvalue weighted by atomic mass is 32.1. The van der Waals surface area contributed by atoms with Crippen molar-refractivity contribution in [3.8, 4) is 0 Å². The minimum atomic E-state index is -0.365. The van der Waals surface area contributed by atoms with Crippen molar-refractivity contribution >= 4 is 23.2 Å². The topological polar surface area (TPSA) is 76.4 Å². The van der Waals surface area contributed by atoms with Gasteiger partial charge in [0.25, 0.3) is 5.91 Å². The Labute approximate surface area is 82.0 Å². The van der Waals surface area contributed by atoms with E-state index < -0.39 is 0 Å². The Balaban J connectivity index is 2.25. The fourth-order valence-corrected chi connectivity index (χ4v) is 1.20. The van der Waals surface area contributed by atoms with E-state index in [1.165, 1.54) is 0 Å². The average Bonchev–Trinajstić information content (AvgIpc) is 2.15. The summed E-state index contributed by atoms with van der Waals surface area (Å²) in [5.74, 6) is -0.215. The normalized spacial score (nSPS) is 22.0. The first-order valence-electron chi connectivity index (χ1n) is 4.17. The molecule has 1 heterocycles. The number of hydrogen-bond donors (Lipinski definition) is 3. The molecule has 1 amide bonds. The lowest BCUT2D eigenvalue weighted by molar-refractivity contribution is -0.136. The van der Waals surface area contributed by atoms with Gasteiger partial charge < -0.3 is 10.5 Å². The first kappa shape index (κ1) is 10.2. The third-order valence-corrected chi connectivity index (χ3v) is 1.88. The molecule has 1 aliphatic heterocycles. The van der Waals surface area contributed by atoms with Gasteiger partial charge in [-0.2, -0.15) is 0 Å². The number of carbonyl (C=O) groups is 1. The van der Waals surface area contributed by atoms with Gasteiger partial charge in [0, 0.05) is 6.61 Å². The minimum Gasteiger partial charge on any atom is -0.375 e. The summed E-state index contributed by atoms with van der Waals surface area (Å²) >= 11 is 4.53. The zero-order valence-corrected chi connectivity index (χ0v) is 8.02. The Morgan fingerprint density at radius 2 is 2.23 bits per heavy atom. The molecule has 0 saturated carbocycles. The summed E-state index contributed by atoms with van der Waals surface area (Å²) in [6.07, 6.45) is 2.43. The molecule has 0 radical (unpaired) electrons. The lowest BCUT2D eigenvalue weighted by Gasteiger charge is -2.21. The van der Waals surface area contributed by atoms with Gasteiger partial charge in [0.15, 0.2) is 5.11 Å². The lowest BCUT2D eigenvalue weighted by Crippen LogP contribution is -2.49. The van der Waals surface area contributed by atoms with Gasteiger partial charge in [-0.1, -0.05) is 0 Å². The van der Waals surface area contributed by atoms with E-state index in [4.69, 9.17) is 10.5 Å². The Hall–Kier alpha value is -0.880. The number of carbonyl (C=O) groups excluding carboxylic acids is 1. The Bertz CT molecular complexity index is 204. The summed E-state index contributed by atoms with van der Waals surface area (Å²) in [6, 6.07) is 0. The summed E-state index contributed by atoms with van der Waals surface area (Å²) in [6.45, 7) is 0.644. The largest absolute Gasteiger partial charge is 0.375 e. The van der Waals surface area contributed by atoms with E-state index in [0.717, 1.165) is 19.3 Å². The number of nitrogens with one attached hydrogen (secondary N) is 2. The van der Waals surface area contributed by atoms with Crippen LogP contribution in [0.5, 0.6) is 0 Å². The highest BCUT2D eigenvalue weighted by Crippen LogP contribution is 2.11. The molecular formula is C7H13N3O2S. The second-order valence-electron chi connectivity index (χ2n) is 2.83. The quantitative estimate of drug-likeness (QED) is 0.392. The zero-order valence-electron chi connectivity index (χ0n) is 7.21. The molecule has 0 spiro atoms. The molecule has 1 saturated heterocycles. The van der Waals surface area contributed by atoms with E-state index >= 15 is 0 Å². The van der Waals surface area contributed by atoms with Crippen molar-refractivity contribution in [2.75, 3.05) is 6.61 Å². The number of ether oxygens (including phenoxy) is 1. The summed E-state index contributed by atoms with van der Waals surface area (Å²) in [5.41, 5.74) is 9.88. The minimum absolute atomic E-state index is 0.0455. The summed E-state index contributed by atoms with van der Waals surface area (Å²) in [7, 11) is 0. The van der Waals surface area contributed by atoms with E-state index in [1.54, 1.807) is 0 Å². The van der Waals surface area contributed by atoms with Crippen molar-refractivity contribution < 1.29 is 9.53 Å². The highest BCUT2D eigenvalue weighted by molar-refractivity contribution is 7.80. The third-order valence-electron chi connectivity index (χ3n) is 1.78. The van der Waals surface area contributed by atoms with E-state index in [0.29, 0.717) is 6.61 Å². The maximum Gasteiger partial charge on any atom is 0.267 e. The summed E-state index contributed by atoms with van der Waals surface area (Å²) < 4.78 is 5.24. The molecule has 13 heavy (non-hydrogen) atoms. The second kappa shape index (κ2) is 4.98. The van der Waals surface area contributed by atoms with Gasteiger partial charge in [0.05, 0.1) is 0 Å². The Morgan fingerprint density at radius 1 is 1.46 bits per heavy atom. The molecule has 0 aromatic heterocycles. The number of amides is 1. The van der Waals surface area contributed by atoms with Crippen molar-refractivity contribution in [3.05, 3.63) is 0 Å². The van der Waals surface area contributed by atoms with E-state index in [1.807, 2.05) is 0 Å². The molecule has 0 aromatic carbocycles. The van der Waals surface area contributed by atoms with Gasteiger partial charge in [0.1, 0.15) is 6.10 Å². The first-order chi connectivity index (χ1) is 6.20. The van der Waals surface area contributed by atoms with Crippen LogP contribution in [0.15, 0.2) is 0 Å². The maximum absolute atomic E-state index is 11.3. The molecule has 0 aromatic rings. The summed E-state index contributed by atoms with van der Waals surface area (Å²) in [5, 5.41) is 0.0455. The van der Waals surface area contributed by atoms with Crippen LogP contribution in [0.3, 0.4) is 0 Å². The molecule has 1 fully saturated rings. The number of hydrogen-bond acceptors (Lipinski definition) is 3. The molecule has 5 nitrogen and oxygen atoms in total. The first-order valence-corrected chi connectivity index (χ1v) is 4.58. The molecule has 0 bridgehead atoms. The molecule has 74 valence electrons. The van der Waals surface area contributed by atoms with Gasteiger partial charge in [0.2, 0.25) is 0 Å². The Morgan fingerprint density at radius 3 is 2.77 bits per heavy atom. The SMILES string of the molecule is NC(=S)NNC(=O)C1CCCCO1. The third kappa shape index (κ3) is 3.56. The molecule has 6 heteroatoms. The van der Waals surface area contributed by atoms with Crippen LogP contribution in [0.4, 0.5) is 0 Å². The van der Waals surface area contributed by atoms with Crippen LogP contribution >= 0.6 is 12.2 Å². The van der Waals surface area contributed by atoms with Gasteiger partial charge in [-0.15, -0.1) is 0 Å². The number of rotatable bonds is 1. The van der Waals surface area contributed by atoms with Crippen molar-refractivity contribution in [3.63, 3.8) is 0 Å². The highest BCUT2D eigenvalue weighted by Gasteiger charge is 2.21. The van der Waals surface area contributed by atoms with Crippen molar-refractivity contribution in [2.24, 2.45) is 5.73 Å². The standard InChI is InChI=1S/C7H13N3O2S/c8-7(13)10-9-6(11)5-3-1-2-4-12-5/h5H,1-4H2,(H,9,11)(H3,8,10,13). The Kier molecular flexibility index (Phi) is 3.91. The van der Waals surface area contributed by atoms with Crippen LogP contribution in [0.25, 0.3) is 0 Å². The molecule has 1 aliphatic rings. The van der Waals surface area contributed by atoms with Gasteiger partial charge >= 0.3 is 0 Å². The number of nitrogens with two attached hydrogens (primary N) is 1. The van der Waals surface area contributed by atoms with Crippen molar-refractivity contribution in [1.82, 2.24) is 10.9 Å². The van der Waals surface area contributed by atoms with Crippen LogP contribution in [0.1, 0.15) is 19.3 Å². The van der Waals surface area contributed by atoms with Crippen LogP contribution in [0, 0.1) is 0 Å².